The summed E-state index contributed by atoms with van der Waals surface area (Å²) in [7, 11) is -2.38. The zero-order valence-electron chi connectivity index (χ0n) is 27.0. The Morgan fingerprint density at radius 3 is 2.40 bits per heavy atom. The number of aliphatic hydroxyl groups excluding tert-OH is 1. The van der Waals surface area contributed by atoms with Crippen LogP contribution in [0.1, 0.15) is 61.1 Å². The molecule has 1 saturated heterocycles. The highest BCUT2D eigenvalue weighted by Crippen LogP contribution is 2.40. The fourth-order valence-corrected chi connectivity index (χ4v) is 8.21. The standard InChI is InChI=1S/C37H44N2O7S/c1-44-31-12-14-32(15-13-31)47(42,43)39(19-21-40)20-22-45-36-26-29(25-35(46-36)37(41)38-17-7-3-2-4-8-18-38)27-11-16-34-30(23-27)24-28-9-5-6-10-33(28)34/h5-6,9-16,23,25,29,36,40H,2-4,7-8,17-22,24,26H2,1H3/t29-,36+/m1/s1. The fourth-order valence-electron chi connectivity index (χ4n) is 6.79. The largest absolute Gasteiger partial charge is 0.497 e. The number of hydrogen-bond donors (Lipinski definition) is 1. The fraction of sp³-hybridized carbons (Fsp3) is 0.432. The van der Waals surface area contributed by atoms with E-state index in [0.29, 0.717) is 25.3 Å². The maximum atomic E-state index is 13.8. The lowest BCUT2D eigenvalue weighted by Crippen LogP contribution is -2.39. The van der Waals surface area contributed by atoms with Gasteiger partial charge in [-0.2, -0.15) is 4.31 Å². The van der Waals surface area contributed by atoms with Crippen molar-refractivity contribution in [2.45, 2.75) is 62.0 Å². The molecule has 3 aromatic rings. The number of fused-ring (bicyclic) bond motifs is 3. The highest BCUT2D eigenvalue weighted by molar-refractivity contribution is 7.89. The van der Waals surface area contributed by atoms with E-state index >= 15 is 0 Å². The number of allylic oxidation sites excluding steroid dienone is 1. The number of hydrogen-bond acceptors (Lipinski definition) is 7. The maximum absolute atomic E-state index is 13.8. The number of benzene rings is 3. The zero-order valence-corrected chi connectivity index (χ0v) is 27.8. The lowest BCUT2D eigenvalue weighted by atomic mass is 9.90. The van der Waals surface area contributed by atoms with E-state index in [0.717, 1.165) is 37.7 Å². The molecule has 3 aliphatic rings. The first kappa shape index (κ1) is 33.2. The molecule has 2 aliphatic heterocycles. The van der Waals surface area contributed by atoms with Gasteiger partial charge in [0.1, 0.15) is 5.75 Å². The summed E-state index contributed by atoms with van der Waals surface area (Å²) in [6.45, 7) is 1.02. The van der Waals surface area contributed by atoms with Gasteiger partial charge in [-0.05, 0) is 77.4 Å². The van der Waals surface area contributed by atoms with Crippen LogP contribution in [0.2, 0.25) is 0 Å². The van der Waals surface area contributed by atoms with E-state index in [2.05, 4.69) is 42.5 Å². The van der Waals surface area contributed by atoms with Gasteiger partial charge < -0.3 is 24.2 Å². The maximum Gasteiger partial charge on any atom is 0.288 e. The first-order chi connectivity index (χ1) is 22.9. The number of aliphatic hydroxyl groups is 1. The van der Waals surface area contributed by atoms with E-state index in [1.54, 1.807) is 12.1 Å². The number of rotatable bonds is 11. The summed E-state index contributed by atoms with van der Waals surface area (Å²) in [6.07, 6.45) is 7.90. The van der Waals surface area contributed by atoms with Crippen LogP contribution in [0.5, 0.6) is 5.75 Å². The molecule has 250 valence electrons. The Hall–Kier alpha value is -3.70. The van der Waals surface area contributed by atoms with E-state index in [4.69, 9.17) is 14.2 Å². The molecule has 0 unspecified atom stereocenters. The van der Waals surface area contributed by atoms with Crippen LogP contribution in [0, 0.1) is 0 Å². The first-order valence-electron chi connectivity index (χ1n) is 16.6. The molecule has 0 radical (unpaired) electrons. The lowest BCUT2D eigenvalue weighted by molar-refractivity contribution is -0.153. The molecular weight excluding hydrogens is 616 g/mol. The van der Waals surface area contributed by atoms with Gasteiger partial charge in [-0.1, -0.05) is 61.7 Å². The smallest absolute Gasteiger partial charge is 0.288 e. The van der Waals surface area contributed by atoms with Crippen LogP contribution < -0.4 is 4.74 Å². The second-order valence-corrected chi connectivity index (χ2v) is 14.3. The summed E-state index contributed by atoms with van der Waals surface area (Å²) < 4.78 is 45.6. The van der Waals surface area contributed by atoms with E-state index in [-0.39, 0.29) is 48.8 Å². The number of carbonyl (C=O) groups excluding carboxylic acids is 1. The molecule has 0 spiro atoms. The summed E-state index contributed by atoms with van der Waals surface area (Å²) in [6, 6.07) is 21.2. The molecule has 2 atom stereocenters. The van der Waals surface area contributed by atoms with Crippen LogP contribution in [0.15, 0.2) is 83.5 Å². The average Bonchev–Trinajstić information content (AvgIpc) is 3.45. The van der Waals surface area contributed by atoms with Crippen molar-refractivity contribution in [3.05, 3.63) is 95.3 Å². The Morgan fingerprint density at radius 2 is 1.66 bits per heavy atom. The SMILES string of the molecule is COc1ccc(S(=O)(=O)N(CCO)CCO[C@@H]2C[C@H](c3ccc4c(c3)Cc3ccccc3-4)C=C(C(=O)N3CCCCCCC3)O2)cc1. The van der Waals surface area contributed by atoms with Gasteiger partial charge in [0.05, 0.1) is 25.2 Å². The van der Waals surface area contributed by atoms with Gasteiger partial charge in [-0.15, -0.1) is 0 Å². The molecule has 0 aromatic heterocycles. The van der Waals surface area contributed by atoms with Crippen LogP contribution in [0.3, 0.4) is 0 Å². The summed E-state index contributed by atoms with van der Waals surface area (Å²) in [4.78, 5) is 15.8. The van der Waals surface area contributed by atoms with Crippen LogP contribution in [0.25, 0.3) is 11.1 Å². The number of ether oxygens (including phenoxy) is 3. The normalized spacial score (nSPS) is 19.6. The molecule has 9 nitrogen and oxygen atoms in total. The van der Waals surface area contributed by atoms with Crippen molar-refractivity contribution in [1.29, 1.82) is 0 Å². The van der Waals surface area contributed by atoms with Gasteiger partial charge in [-0.25, -0.2) is 8.42 Å². The molecule has 0 bridgehead atoms. The van der Waals surface area contributed by atoms with Crippen LogP contribution >= 0.6 is 0 Å². The highest BCUT2D eigenvalue weighted by Gasteiger charge is 2.33. The molecule has 6 rings (SSSR count). The molecular formula is C37H44N2O7S. The van der Waals surface area contributed by atoms with Crippen LogP contribution in [0.4, 0.5) is 0 Å². The molecule has 0 saturated carbocycles. The Morgan fingerprint density at radius 1 is 0.936 bits per heavy atom. The van der Waals surface area contributed by atoms with E-state index in [1.807, 2.05) is 11.0 Å². The van der Waals surface area contributed by atoms with Crippen molar-refractivity contribution in [3.8, 4) is 16.9 Å². The van der Waals surface area contributed by atoms with Crippen molar-refractivity contribution in [3.63, 3.8) is 0 Å². The number of likely N-dealkylation sites (tertiary alicyclic amines) is 1. The Kier molecular flexibility index (Phi) is 10.6. The molecule has 1 fully saturated rings. The zero-order chi connectivity index (χ0) is 32.8. The van der Waals surface area contributed by atoms with Gasteiger partial charge >= 0.3 is 0 Å². The average molecular weight is 661 g/mol. The molecule has 3 aromatic carbocycles. The predicted molar refractivity (Wildman–Crippen MR) is 179 cm³/mol. The van der Waals surface area contributed by atoms with E-state index in [1.165, 1.54) is 52.2 Å². The van der Waals surface area contributed by atoms with Gasteiger partial charge in [-0.3, -0.25) is 4.79 Å². The second kappa shape index (κ2) is 15.0. The van der Waals surface area contributed by atoms with Gasteiger partial charge in [0, 0.05) is 38.5 Å². The minimum Gasteiger partial charge on any atom is -0.497 e. The third-order valence-corrected chi connectivity index (χ3v) is 11.3. The monoisotopic (exact) mass is 660 g/mol. The Bertz CT molecular complexity index is 1680. The number of methoxy groups -OCH3 is 1. The first-order valence-corrected chi connectivity index (χ1v) is 18.1. The molecule has 47 heavy (non-hydrogen) atoms. The van der Waals surface area contributed by atoms with Crippen molar-refractivity contribution in [2.24, 2.45) is 0 Å². The van der Waals surface area contributed by atoms with Crippen molar-refractivity contribution in [1.82, 2.24) is 9.21 Å². The molecule has 1 amide bonds. The number of sulfonamides is 1. The Labute approximate surface area is 277 Å². The number of amides is 1. The van der Waals surface area contributed by atoms with Gasteiger partial charge in [0.25, 0.3) is 5.91 Å². The van der Waals surface area contributed by atoms with Crippen molar-refractivity contribution >= 4 is 15.9 Å². The summed E-state index contributed by atoms with van der Waals surface area (Å²) in [5.41, 5.74) is 6.18. The quantitative estimate of drug-likeness (QED) is 0.227. The van der Waals surface area contributed by atoms with Crippen LogP contribution in [-0.2, 0) is 30.7 Å². The van der Waals surface area contributed by atoms with Gasteiger partial charge in [0.2, 0.25) is 16.3 Å². The van der Waals surface area contributed by atoms with E-state index in [9.17, 15) is 18.3 Å². The van der Waals surface area contributed by atoms with Gasteiger partial charge in [0.15, 0.2) is 5.76 Å². The third-order valence-electron chi connectivity index (χ3n) is 9.35. The molecule has 2 heterocycles. The van der Waals surface area contributed by atoms with Crippen LogP contribution in [-0.4, -0.2) is 81.4 Å². The molecule has 1 N–H and O–H groups in total. The van der Waals surface area contributed by atoms with Crippen molar-refractivity contribution in [2.75, 3.05) is 46.5 Å². The second-order valence-electron chi connectivity index (χ2n) is 12.4. The minimum atomic E-state index is -3.89. The number of nitrogens with zero attached hydrogens (tertiary/aromatic N) is 2. The Balaban J connectivity index is 1.20. The summed E-state index contributed by atoms with van der Waals surface area (Å²) in [5, 5.41) is 9.68. The molecule has 10 heteroatoms. The topological polar surface area (TPSA) is 106 Å². The number of carbonyl (C=O) groups is 1. The third kappa shape index (κ3) is 7.56. The highest BCUT2D eigenvalue weighted by atomic mass is 32.2. The minimum absolute atomic E-state index is 0.00960. The summed E-state index contributed by atoms with van der Waals surface area (Å²) >= 11 is 0. The lowest BCUT2D eigenvalue weighted by Gasteiger charge is -2.33. The molecule has 1 aliphatic carbocycles. The van der Waals surface area contributed by atoms with Crippen molar-refractivity contribution < 1.29 is 32.5 Å². The van der Waals surface area contributed by atoms with E-state index < -0.39 is 16.3 Å². The predicted octanol–water partition coefficient (Wildman–Crippen LogP) is 5.47. The summed E-state index contributed by atoms with van der Waals surface area (Å²) in [5.74, 6) is 0.594.